The quantitative estimate of drug-likeness (QED) is 0.674. The van der Waals surface area contributed by atoms with Crippen LogP contribution in [0.5, 0.6) is 0 Å². The van der Waals surface area contributed by atoms with E-state index in [-0.39, 0.29) is 23.4 Å². The van der Waals surface area contributed by atoms with Crippen LogP contribution in [0.2, 0.25) is 0 Å². The van der Waals surface area contributed by atoms with E-state index < -0.39 is 10.0 Å². The van der Waals surface area contributed by atoms with E-state index in [1.54, 1.807) is 30.3 Å². The maximum atomic E-state index is 12.3. The van der Waals surface area contributed by atoms with Crippen LogP contribution in [0.3, 0.4) is 0 Å². The molecule has 1 saturated carbocycles. The van der Waals surface area contributed by atoms with E-state index in [1.807, 2.05) is 0 Å². The number of nitrogens with one attached hydrogen (secondary N) is 2. The number of sulfonamides is 1. The Bertz CT molecular complexity index is 934. The summed E-state index contributed by atoms with van der Waals surface area (Å²) in [4.78, 5) is 12.4. The minimum Gasteiger partial charge on any atom is -0.468 e. The molecule has 3 atom stereocenters. The van der Waals surface area contributed by atoms with Gasteiger partial charge in [0.1, 0.15) is 5.76 Å². The van der Waals surface area contributed by atoms with Gasteiger partial charge in [-0.2, -0.15) is 0 Å². The molecule has 1 aliphatic carbocycles. The van der Waals surface area contributed by atoms with E-state index in [0.29, 0.717) is 17.6 Å². The number of hydrogen-bond acceptors (Lipinski definition) is 4. The molecule has 2 aromatic rings. The van der Waals surface area contributed by atoms with Crippen molar-refractivity contribution in [3.05, 3.63) is 60.1 Å². The van der Waals surface area contributed by atoms with Crippen LogP contribution >= 0.6 is 0 Å². The molecule has 1 aromatic heterocycles. The van der Waals surface area contributed by atoms with Gasteiger partial charge in [0, 0.05) is 12.1 Å². The molecule has 7 heteroatoms. The lowest BCUT2D eigenvalue weighted by Crippen LogP contribution is -2.43. The van der Waals surface area contributed by atoms with Crippen LogP contribution in [0.25, 0.3) is 6.08 Å². The van der Waals surface area contributed by atoms with Gasteiger partial charge in [-0.25, -0.2) is 13.1 Å². The van der Waals surface area contributed by atoms with Gasteiger partial charge in [0.2, 0.25) is 15.9 Å². The van der Waals surface area contributed by atoms with E-state index in [9.17, 15) is 13.2 Å². The summed E-state index contributed by atoms with van der Waals surface area (Å²) in [5, 5.41) is 3.09. The molecule has 0 unspecified atom stereocenters. The summed E-state index contributed by atoms with van der Waals surface area (Å²) in [5.41, 5.74) is 0.759. The van der Waals surface area contributed by atoms with Crippen LogP contribution in [-0.4, -0.2) is 20.4 Å². The minimum atomic E-state index is -3.63. The molecule has 1 heterocycles. The molecule has 1 aliphatic rings. The topological polar surface area (TPSA) is 88.4 Å². The number of benzene rings is 1. The Labute approximate surface area is 172 Å². The second-order valence-electron chi connectivity index (χ2n) is 7.69. The molecule has 1 aromatic carbocycles. The summed E-state index contributed by atoms with van der Waals surface area (Å²) >= 11 is 0. The Balaban J connectivity index is 1.56. The second-order valence-corrected chi connectivity index (χ2v) is 9.46. The summed E-state index contributed by atoms with van der Waals surface area (Å²) in [5.74, 6) is 1.52. The third kappa shape index (κ3) is 5.81. The van der Waals surface area contributed by atoms with Crippen LogP contribution in [0, 0.1) is 11.8 Å². The number of carbonyl (C=O) groups is 1. The lowest BCUT2D eigenvalue weighted by molar-refractivity contribution is -0.117. The van der Waals surface area contributed by atoms with E-state index in [1.165, 1.54) is 30.9 Å². The summed E-state index contributed by atoms with van der Waals surface area (Å²) in [6, 6.07) is 10.0. The zero-order chi connectivity index (χ0) is 20.9. The summed E-state index contributed by atoms with van der Waals surface area (Å²) < 4.78 is 32.3. The molecule has 29 heavy (non-hydrogen) atoms. The summed E-state index contributed by atoms with van der Waals surface area (Å²) in [7, 11) is -3.63. The first kappa shape index (κ1) is 21.3. The smallest absolute Gasteiger partial charge is 0.244 e. The number of hydrogen-bond donors (Lipinski definition) is 2. The molecular weight excluding hydrogens is 388 g/mol. The maximum Gasteiger partial charge on any atom is 0.244 e. The largest absolute Gasteiger partial charge is 0.468 e. The zero-order valence-electron chi connectivity index (χ0n) is 16.8. The molecule has 156 valence electrons. The fourth-order valence-electron chi connectivity index (χ4n) is 3.61. The highest BCUT2D eigenvalue weighted by atomic mass is 32.2. The molecule has 3 rings (SSSR count). The second kappa shape index (κ2) is 9.41. The normalized spacial score (nSPS) is 22.6. The third-order valence-corrected chi connectivity index (χ3v) is 7.09. The number of carbonyl (C=O) groups excluding carboxylic acids is 1. The van der Waals surface area contributed by atoms with Crippen molar-refractivity contribution in [1.82, 2.24) is 10.0 Å². The van der Waals surface area contributed by atoms with Gasteiger partial charge in [0.15, 0.2) is 0 Å². The van der Waals surface area contributed by atoms with Crippen LogP contribution in [0.4, 0.5) is 0 Å². The first-order valence-electron chi connectivity index (χ1n) is 9.96. The van der Waals surface area contributed by atoms with Crippen LogP contribution in [0.1, 0.15) is 44.4 Å². The molecule has 0 radical (unpaired) electrons. The van der Waals surface area contributed by atoms with Crippen molar-refractivity contribution in [1.29, 1.82) is 0 Å². The van der Waals surface area contributed by atoms with E-state index in [0.717, 1.165) is 18.4 Å². The number of amides is 1. The number of furan rings is 1. The van der Waals surface area contributed by atoms with E-state index in [2.05, 4.69) is 23.9 Å². The monoisotopic (exact) mass is 416 g/mol. The molecule has 0 bridgehead atoms. The highest BCUT2D eigenvalue weighted by Gasteiger charge is 2.27. The fourth-order valence-corrected chi connectivity index (χ4v) is 4.60. The van der Waals surface area contributed by atoms with Crippen molar-refractivity contribution < 1.29 is 17.6 Å². The molecule has 0 saturated heterocycles. The Morgan fingerprint density at radius 2 is 1.93 bits per heavy atom. The predicted octanol–water partition coefficient (Wildman–Crippen LogP) is 3.71. The first-order valence-corrected chi connectivity index (χ1v) is 11.4. The highest BCUT2D eigenvalue weighted by molar-refractivity contribution is 7.89. The van der Waals surface area contributed by atoms with Crippen LogP contribution < -0.4 is 10.0 Å². The van der Waals surface area contributed by atoms with E-state index >= 15 is 0 Å². The molecule has 2 N–H and O–H groups in total. The van der Waals surface area contributed by atoms with Crippen molar-refractivity contribution in [3.63, 3.8) is 0 Å². The van der Waals surface area contributed by atoms with Gasteiger partial charge in [-0.15, -0.1) is 0 Å². The predicted molar refractivity (Wildman–Crippen MR) is 112 cm³/mol. The average Bonchev–Trinajstić information content (AvgIpc) is 3.23. The van der Waals surface area contributed by atoms with Gasteiger partial charge < -0.3 is 9.73 Å². The van der Waals surface area contributed by atoms with Crippen molar-refractivity contribution in [2.45, 2.75) is 50.6 Å². The van der Waals surface area contributed by atoms with Gasteiger partial charge in [-0.1, -0.05) is 38.8 Å². The molecule has 0 aliphatic heterocycles. The minimum absolute atomic E-state index is 0.0926. The lowest BCUT2D eigenvalue weighted by atomic mass is 9.78. The van der Waals surface area contributed by atoms with Crippen molar-refractivity contribution in [3.8, 4) is 0 Å². The SMILES string of the molecule is C[C@@H]1[C@H](C)CCC[C@@H]1NC(=O)/C=C/c1ccc(S(=O)(=O)NCc2ccco2)cc1. The lowest BCUT2D eigenvalue weighted by Gasteiger charge is -2.34. The van der Waals surface area contributed by atoms with Crippen molar-refractivity contribution >= 4 is 22.0 Å². The van der Waals surface area contributed by atoms with Crippen molar-refractivity contribution in [2.24, 2.45) is 11.8 Å². The average molecular weight is 417 g/mol. The molecule has 0 spiro atoms. The van der Waals surface area contributed by atoms with Gasteiger partial charge in [-0.3, -0.25) is 4.79 Å². The highest BCUT2D eigenvalue weighted by Crippen LogP contribution is 2.29. The molecule has 1 amide bonds. The van der Waals surface area contributed by atoms with Crippen LogP contribution in [0.15, 0.2) is 58.1 Å². The van der Waals surface area contributed by atoms with Gasteiger partial charge in [0.25, 0.3) is 0 Å². The molecule has 1 fully saturated rings. The third-order valence-electron chi connectivity index (χ3n) is 5.67. The fraction of sp³-hybridized carbons (Fsp3) is 0.409. The Hall–Kier alpha value is -2.38. The van der Waals surface area contributed by atoms with Crippen LogP contribution in [-0.2, 0) is 21.4 Å². The molecule has 6 nitrogen and oxygen atoms in total. The van der Waals surface area contributed by atoms with Gasteiger partial charge in [0.05, 0.1) is 17.7 Å². The Kier molecular flexibility index (Phi) is 6.92. The molecular formula is C22H28N2O4S. The zero-order valence-corrected chi connectivity index (χ0v) is 17.6. The van der Waals surface area contributed by atoms with E-state index in [4.69, 9.17) is 4.42 Å². The Morgan fingerprint density at radius 3 is 2.62 bits per heavy atom. The number of rotatable bonds is 7. The first-order chi connectivity index (χ1) is 13.8. The standard InChI is InChI=1S/C22H28N2O4S/c1-16-5-3-7-21(17(16)2)24-22(25)13-10-18-8-11-20(12-9-18)29(26,27)23-15-19-6-4-14-28-19/h4,6,8-14,16-17,21,23H,3,5,7,15H2,1-2H3,(H,24,25)/b13-10+/t16-,17-,21+/m1/s1. The van der Waals surface area contributed by atoms with Gasteiger partial charge >= 0.3 is 0 Å². The Morgan fingerprint density at radius 1 is 1.17 bits per heavy atom. The summed E-state index contributed by atoms with van der Waals surface area (Å²) in [6.45, 7) is 4.52. The van der Waals surface area contributed by atoms with Crippen molar-refractivity contribution in [2.75, 3.05) is 0 Å². The van der Waals surface area contributed by atoms with Gasteiger partial charge in [-0.05, 0) is 54.2 Å². The summed E-state index contributed by atoms with van der Waals surface area (Å²) in [6.07, 6.45) is 8.07. The maximum absolute atomic E-state index is 12.3.